The van der Waals surface area contributed by atoms with Crippen molar-refractivity contribution >= 4 is 23.2 Å². The summed E-state index contributed by atoms with van der Waals surface area (Å²) in [4.78, 5) is 27.1. The quantitative estimate of drug-likeness (QED) is 0.695. The minimum Gasteiger partial charge on any atom is -0.461 e. The zero-order valence-electron chi connectivity index (χ0n) is 14.5. The lowest BCUT2D eigenvalue weighted by Gasteiger charge is -2.31. The molecule has 0 radical (unpaired) electrons. The first kappa shape index (κ1) is 19.3. The summed E-state index contributed by atoms with van der Waals surface area (Å²) >= 11 is 1.38. The van der Waals surface area contributed by atoms with E-state index < -0.39 is 6.61 Å². The first-order chi connectivity index (χ1) is 13.0. The topological polar surface area (TPSA) is 55.8 Å². The van der Waals surface area contributed by atoms with Crippen molar-refractivity contribution in [2.24, 2.45) is 5.92 Å². The van der Waals surface area contributed by atoms with Crippen LogP contribution in [0.5, 0.6) is 5.75 Å². The van der Waals surface area contributed by atoms with Gasteiger partial charge in [-0.1, -0.05) is 18.2 Å². The fourth-order valence-electron chi connectivity index (χ4n) is 2.95. The van der Waals surface area contributed by atoms with Crippen LogP contribution in [0.25, 0.3) is 0 Å². The molecule has 1 aromatic carbocycles. The Kier molecular flexibility index (Phi) is 6.39. The third-order valence-corrected chi connectivity index (χ3v) is 5.16. The summed E-state index contributed by atoms with van der Waals surface area (Å²) in [6.07, 6.45) is 1.42. The van der Waals surface area contributed by atoms with Gasteiger partial charge in [0.25, 0.3) is 5.91 Å². The Labute approximate surface area is 159 Å². The molecule has 1 aromatic heterocycles. The summed E-state index contributed by atoms with van der Waals surface area (Å²) < 4.78 is 33.9. The van der Waals surface area contributed by atoms with E-state index in [2.05, 4.69) is 4.74 Å². The van der Waals surface area contributed by atoms with Gasteiger partial charge >= 0.3 is 12.6 Å². The highest BCUT2D eigenvalue weighted by atomic mass is 32.1. The third kappa shape index (κ3) is 5.26. The molecule has 0 aliphatic carbocycles. The number of hydrogen-bond donors (Lipinski definition) is 0. The lowest BCUT2D eigenvalue weighted by molar-refractivity contribution is -0.151. The zero-order valence-corrected chi connectivity index (χ0v) is 15.3. The lowest BCUT2D eigenvalue weighted by Crippen LogP contribution is -2.42. The molecule has 3 rings (SSSR count). The molecular formula is C19H19F2NO4S. The van der Waals surface area contributed by atoms with Crippen LogP contribution >= 0.6 is 11.3 Å². The molecule has 0 bridgehead atoms. The molecular weight excluding hydrogens is 376 g/mol. The van der Waals surface area contributed by atoms with Gasteiger partial charge in [0, 0.05) is 13.1 Å². The Morgan fingerprint density at radius 1 is 1.22 bits per heavy atom. The number of thiophene rings is 1. The van der Waals surface area contributed by atoms with Crippen molar-refractivity contribution in [3.05, 3.63) is 52.2 Å². The third-order valence-electron chi connectivity index (χ3n) is 4.30. The number of piperidine rings is 1. The number of esters is 1. The molecule has 144 valence electrons. The fraction of sp³-hybridized carbons (Fsp3) is 0.368. The average molecular weight is 395 g/mol. The van der Waals surface area contributed by atoms with E-state index in [0.717, 1.165) is 6.42 Å². The van der Waals surface area contributed by atoms with E-state index in [0.29, 0.717) is 30.0 Å². The Morgan fingerprint density at radius 2 is 2.00 bits per heavy atom. The van der Waals surface area contributed by atoms with Gasteiger partial charge in [-0.25, -0.2) is 0 Å². The maximum absolute atomic E-state index is 12.4. The van der Waals surface area contributed by atoms with E-state index in [-0.39, 0.29) is 30.2 Å². The second-order valence-electron chi connectivity index (χ2n) is 6.20. The predicted molar refractivity (Wildman–Crippen MR) is 95.8 cm³/mol. The van der Waals surface area contributed by atoms with Gasteiger partial charge < -0.3 is 14.4 Å². The number of hydrogen-bond acceptors (Lipinski definition) is 5. The van der Waals surface area contributed by atoms with Gasteiger partial charge in [-0.3, -0.25) is 9.59 Å². The number of carbonyl (C=O) groups excluding carboxylic acids is 2. The molecule has 1 fully saturated rings. The molecule has 1 aliphatic heterocycles. The summed E-state index contributed by atoms with van der Waals surface area (Å²) in [5.41, 5.74) is 0.673. The van der Waals surface area contributed by atoms with Gasteiger partial charge in [0.1, 0.15) is 12.4 Å². The number of nitrogens with zero attached hydrogens (tertiary/aromatic N) is 1. The highest BCUT2D eigenvalue weighted by molar-refractivity contribution is 7.12. The molecule has 0 N–H and O–H groups in total. The van der Waals surface area contributed by atoms with Crippen molar-refractivity contribution in [1.29, 1.82) is 0 Å². The average Bonchev–Trinajstić information content (AvgIpc) is 3.21. The first-order valence-electron chi connectivity index (χ1n) is 8.56. The Hall–Kier alpha value is -2.48. The molecule has 2 heterocycles. The van der Waals surface area contributed by atoms with Crippen molar-refractivity contribution in [3.8, 4) is 5.75 Å². The van der Waals surface area contributed by atoms with Crippen LogP contribution in [0, 0.1) is 5.92 Å². The van der Waals surface area contributed by atoms with E-state index in [1.165, 1.54) is 23.5 Å². The van der Waals surface area contributed by atoms with E-state index in [1.807, 2.05) is 11.4 Å². The number of halogens is 2. The van der Waals surface area contributed by atoms with Crippen LogP contribution in [0.1, 0.15) is 28.1 Å². The molecule has 1 unspecified atom stereocenters. The van der Waals surface area contributed by atoms with Crippen molar-refractivity contribution in [1.82, 2.24) is 4.90 Å². The summed E-state index contributed by atoms with van der Waals surface area (Å²) in [5.74, 6) is -0.720. The van der Waals surface area contributed by atoms with Crippen LogP contribution in [-0.2, 0) is 16.1 Å². The smallest absolute Gasteiger partial charge is 0.387 e. The molecule has 1 aliphatic rings. The second kappa shape index (κ2) is 8.94. The van der Waals surface area contributed by atoms with Gasteiger partial charge in [-0.15, -0.1) is 11.3 Å². The monoisotopic (exact) mass is 395 g/mol. The molecule has 0 spiro atoms. The maximum atomic E-state index is 12.4. The Bertz CT molecular complexity index is 765. The van der Waals surface area contributed by atoms with Crippen molar-refractivity contribution < 1.29 is 27.8 Å². The molecule has 27 heavy (non-hydrogen) atoms. The number of benzene rings is 1. The molecule has 8 heteroatoms. The maximum Gasteiger partial charge on any atom is 0.387 e. The lowest BCUT2D eigenvalue weighted by atomic mass is 9.98. The fourth-order valence-corrected chi connectivity index (χ4v) is 3.64. The summed E-state index contributed by atoms with van der Waals surface area (Å²) in [6.45, 7) is -1.86. The number of alkyl halides is 2. The molecule has 5 nitrogen and oxygen atoms in total. The predicted octanol–water partition coefficient (Wildman–Crippen LogP) is 3.95. The molecule has 2 aromatic rings. The number of likely N-dealkylation sites (tertiary alicyclic amines) is 1. The van der Waals surface area contributed by atoms with Gasteiger partial charge in [0.15, 0.2) is 0 Å². The van der Waals surface area contributed by atoms with Crippen molar-refractivity contribution in [2.75, 3.05) is 13.1 Å². The van der Waals surface area contributed by atoms with E-state index in [1.54, 1.807) is 23.1 Å². The largest absolute Gasteiger partial charge is 0.461 e. The van der Waals surface area contributed by atoms with E-state index >= 15 is 0 Å². The van der Waals surface area contributed by atoms with Crippen molar-refractivity contribution in [3.63, 3.8) is 0 Å². The molecule has 1 amide bonds. The summed E-state index contributed by atoms with van der Waals surface area (Å²) in [6, 6.07) is 9.53. The molecule has 1 atom stereocenters. The first-order valence-corrected chi connectivity index (χ1v) is 9.44. The van der Waals surface area contributed by atoms with Crippen LogP contribution in [-0.4, -0.2) is 36.5 Å². The SMILES string of the molecule is O=C(OCc1ccc(OC(F)F)cc1)C1CCCN(C(=O)c2cccs2)C1. The van der Waals surface area contributed by atoms with E-state index in [4.69, 9.17) is 4.74 Å². The van der Waals surface area contributed by atoms with Crippen LogP contribution in [0.2, 0.25) is 0 Å². The normalized spacial score (nSPS) is 17.0. The number of rotatable bonds is 6. The van der Waals surface area contributed by atoms with Gasteiger partial charge in [0.2, 0.25) is 0 Å². The minimum absolute atomic E-state index is 0.0448. The molecule has 1 saturated heterocycles. The minimum atomic E-state index is -2.88. The highest BCUT2D eigenvalue weighted by Gasteiger charge is 2.30. The number of ether oxygens (including phenoxy) is 2. The Balaban J connectivity index is 1.51. The zero-order chi connectivity index (χ0) is 19.2. The van der Waals surface area contributed by atoms with Gasteiger partial charge in [0.05, 0.1) is 10.8 Å². The van der Waals surface area contributed by atoms with Crippen LogP contribution in [0.15, 0.2) is 41.8 Å². The van der Waals surface area contributed by atoms with Gasteiger partial charge in [-0.05, 0) is 42.0 Å². The van der Waals surface area contributed by atoms with Gasteiger partial charge in [-0.2, -0.15) is 8.78 Å². The van der Waals surface area contributed by atoms with Crippen molar-refractivity contribution in [2.45, 2.75) is 26.1 Å². The van der Waals surface area contributed by atoms with Crippen LogP contribution in [0.4, 0.5) is 8.78 Å². The summed E-state index contributed by atoms with van der Waals surface area (Å²) in [7, 11) is 0. The Morgan fingerprint density at radius 3 is 2.67 bits per heavy atom. The molecule has 0 saturated carbocycles. The number of carbonyl (C=O) groups is 2. The van der Waals surface area contributed by atoms with E-state index in [9.17, 15) is 18.4 Å². The standard InChI is InChI=1S/C19H19F2NO4S/c20-19(21)26-15-7-5-13(6-8-15)12-25-18(24)14-3-1-9-22(11-14)17(23)16-4-2-10-27-16/h2,4-8,10,14,19H,1,3,9,11-12H2. The number of amides is 1. The highest BCUT2D eigenvalue weighted by Crippen LogP contribution is 2.22. The van der Waals surface area contributed by atoms with Crippen LogP contribution in [0.3, 0.4) is 0 Å². The van der Waals surface area contributed by atoms with Crippen LogP contribution < -0.4 is 4.74 Å². The second-order valence-corrected chi connectivity index (χ2v) is 7.15. The summed E-state index contributed by atoms with van der Waals surface area (Å²) in [5, 5.41) is 1.85.